The summed E-state index contributed by atoms with van der Waals surface area (Å²) in [5.74, 6) is -0.671. The summed E-state index contributed by atoms with van der Waals surface area (Å²) in [7, 11) is 0. The summed E-state index contributed by atoms with van der Waals surface area (Å²) in [4.78, 5) is 20.9. The zero-order chi connectivity index (χ0) is 8.97. The molecule has 0 saturated carbocycles. The smallest absolute Gasteiger partial charge is 0.269 e. The molecule has 12 heavy (non-hydrogen) atoms. The molecule has 0 aliphatic rings. The van der Waals surface area contributed by atoms with Gasteiger partial charge in [0, 0.05) is 5.56 Å². The van der Waals surface area contributed by atoms with Crippen LogP contribution in [0, 0.1) is 0 Å². The summed E-state index contributed by atoms with van der Waals surface area (Å²) in [5.41, 5.74) is 0.293. The van der Waals surface area contributed by atoms with Gasteiger partial charge >= 0.3 is 6.09 Å². The molecule has 1 rings (SSSR count). The van der Waals surface area contributed by atoms with Crippen molar-refractivity contribution >= 4 is 12.0 Å². The first kappa shape index (κ1) is 8.26. The Morgan fingerprint density at radius 2 is 1.67 bits per heavy atom. The molecule has 0 unspecified atom stereocenters. The summed E-state index contributed by atoms with van der Waals surface area (Å²) >= 11 is 0. The van der Waals surface area contributed by atoms with Crippen LogP contribution in [0.3, 0.4) is 0 Å². The topological polar surface area (TPSA) is 66.1 Å². The van der Waals surface area contributed by atoms with Gasteiger partial charge in [-0.25, -0.2) is 9.90 Å². The van der Waals surface area contributed by atoms with Gasteiger partial charge in [0.15, 0.2) is 0 Å². The predicted molar refractivity (Wildman–Crippen MR) is 40.0 cm³/mol. The zero-order valence-corrected chi connectivity index (χ0v) is 6.11. The average molecular weight is 164 g/mol. The predicted octanol–water partition coefficient (Wildman–Crippen LogP) is 0.967. The number of amides is 2. The molecule has 0 aliphatic heterocycles. The maximum atomic E-state index is 10.9. The van der Waals surface area contributed by atoms with E-state index in [1.54, 1.807) is 23.5 Å². The lowest BCUT2D eigenvalue weighted by Crippen LogP contribution is -2.27. The van der Waals surface area contributed by atoms with E-state index < -0.39 is 12.0 Å². The summed E-state index contributed by atoms with van der Waals surface area (Å²) in [6, 6.07) is 8.04. The normalized spacial score (nSPS) is 9.00. The van der Waals surface area contributed by atoms with Crippen LogP contribution in [0.2, 0.25) is 0 Å². The fourth-order valence-electron chi connectivity index (χ4n) is 0.754. The van der Waals surface area contributed by atoms with E-state index in [9.17, 15) is 14.7 Å². The molecule has 0 fully saturated rings. The summed E-state index contributed by atoms with van der Waals surface area (Å²) < 4.78 is 0. The number of carbonyl (C=O) groups is 2. The van der Waals surface area contributed by atoms with E-state index in [1.165, 1.54) is 12.1 Å². The minimum absolute atomic E-state index is 0.293. The van der Waals surface area contributed by atoms with Gasteiger partial charge in [-0.05, 0) is 12.1 Å². The van der Waals surface area contributed by atoms with E-state index in [4.69, 9.17) is 0 Å². The number of rotatable bonds is 1. The molecule has 0 heterocycles. The second-order valence-electron chi connectivity index (χ2n) is 2.11. The Balaban J connectivity index is 2.73. The summed E-state index contributed by atoms with van der Waals surface area (Å²) in [5, 5.41) is 11.6. The minimum atomic E-state index is -1.59. The van der Waals surface area contributed by atoms with Crippen LogP contribution in [-0.2, 0) is 5.11 Å². The van der Waals surface area contributed by atoms with Gasteiger partial charge < -0.3 is 0 Å². The molecular formula is C8H6NO3. The van der Waals surface area contributed by atoms with Gasteiger partial charge in [-0.2, -0.15) is 0 Å². The SMILES string of the molecule is [O]C(=O)NC(=O)c1ccccc1. The maximum absolute atomic E-state index is 10.9. The van der Waals surface area contributed by atoms with Crippen molar-refractivity contribution in [2.45, 2.75) is 0 Å². The van der Waals surface area contributed by atoms with Gasteiger partial charge in [-0.15, -0.1) is 0 Å². The lowest BCUT2D eigenvalue weighted by molar-refractivity contribution is 0.0934. The molecule has 2 amide bonds. The highest BCUT2D eigenvalue weighted by Crippen LogP contribution is 1.97. The molecule has 4 nitrogen and oxygen atoms in total. The lowest BCUT2D eigenvalue weighted by atomic mass is 10.2. The second kappa shape index (κ2) is 3.52. The quantitative estimate of drug-likeness (QED) is 0.671. The molecule has 4 heteroatoms. The van der Waals surface area contributed by atoms with Crippen LogP contribution < -0.4 is 5.32 Å². The van der Waals surface area contributed by atoms with Crippen LogP contribution in [0.5, 0.6) is 0 Å². The van der Waals surface area contributed by atoms with Crippen LogP contribution in [-0.4, -0.2) is 12.0 Å². The standard InChI is InChI=1S/C8H6NO3/c10-7(9-8(11)12)6-4-2-1-3-5-6/h1-5H,(H,9,10). The van der Waals surface area contributed by atoms with Gasteiger partial charge in [0.1, 0.15) is 0 Å². The Bertz CT molecular complexity index is 294. The monoisotopic (exact) mass is 164 g/mol. The Kier molecular flexibility index (Phi) is 2.42. The van der Waals surface area contributed by atoms with Crippen molar-refractivity contribution in [3.63, 3.8) is 0 Å². The Morgan fingerprint density at radius 1 is 1.08 bits per heavy atom. The number of carbonyl (C=O) groups excluding carboxylic acids is 2. The number of nitrogens with one attached hydrogen (secondary N) is 1. The third-order valence-corrected chi connectivity index (χ3v) is 1.25. The van der Waals surface area contributed by atoms with Crippen molar-refractivity contribution in [3.05, 3.63) is 35.9 Å². The van der Waals surface area contributed by atoms with Crippen LogP contribution in [0.1, 0.15) is 10.4 Å². The molecular weight excluding hydrogens is 158 g/mol. The van der Waals surface area contributed by atoms with Gasteiger partial charge in [0.05, 0.1) is 0 Å². The maximum Gasteiger partial charge on any atom is 0.457 e. The summed E-state index contributed by atoms with van der Waals surface area (Å²) in [6.07, 6.45) is -1.59. The molecule has 0 aromatic heterocycles. The fraction of sp³-hybridized carbons (Fsp3) is 0. The van der Waals surface area contributed by atoms with Crippen molar-refractivity contribution in [2.75, 3.05) is 0 Å². The average Bonchev–Trinajstić information content (AvgIpc) is 2.05. The Labute approximate surface area is 68.8 Å². The molecule has 1 N–H and O–H groups in total. The number of hydrogen-bond donors (Lipinski definition) is 1. The van der Waals surface area contributed by atoms with Crippen LogP contribution in [0.4, 0.5) is 4.79 Å². The van der Waals surface area contributed by atoms with E-state index in [0.717, 1.165) is 0 Å². The van der Waals surface area contributed by atoms with E-state index >= 15 is 0 Å². The number of hydrogen-bond acceptors (Lipinski definition) is 2. The largest absolute Gasteiger partial charge is 0.457 e. The van der Waals surface area contributed by atoms with Crippen molar-refractivity contribution in [1.29, 1.82) is 0 Å². The Hall–Kier alpha value is -1.84. The first-order valence-corrected chi connectivity index (χ1v) is 3.27. The number of imide groups is 1. The van der Waals surface area contributed by atoms with E-state index in [-0.39, 0.29) is 0 Å². The molecule has 0 aliphatic carbocycles. The third kappa shape index (κ3) is 2.09. The first-order valence-electron chi connectivity index (χ1n) is 3.27. The van der Waals surface area contributed by atoms with Crippen molar-refractivity contribution in [1.82, 2.24) is 5.32 Å². The van der Waals surface area contributed by atoms with Crippen LogP contribution in [0.15, 0.2) is 30.3 Å². The molecule has 0 saturated heterocycles. The van der Waals surface area contributed by atoms with Gasteiger partial charge in [0.25, 0.3) is 5.91 Å². The van der Waals surface area contributed by atoms with Crippen LogP contribution in [0.25, 0.3) is 0 Å². The Morgan fingerprint density at radius 3 is 2.17 bits per heavy atom. The minimum Gasteiger partial charge on any atom is -0.269 e. The molecule has 1 radical (unpaired) electrons. The highest BCUT2D eigenvalue weighted by atomic mass is 16.4. The van der Waals surface area contributed by atoms with Crippen molar-refractivity contribution in [2.24, 2.45) is 0 Å². The molecule has 0 spiro atoms. The lowest BCUT2D eigenvalue weighted by Gasteiger charge is -1.96. The van der Waals surface area contributed by atoms with Crippen LogP contribution >= 0.6 is 0 Å². The van der Waals surface area contributed by atoms with Crippen molar-refractivity contribution < 1.29 is 14.7 Å². The van der Waals surface area contributed by atoms with Gasteiger partial charge in [-0.3, -0.25) is 10.1 Å². The fourth-order valence-corrected chi connectivity index (χ4v) is 0.754. The third-order valence-electron chi connectivity index (χ3n) is 1.25. The van der Waals surface area contributed by atoms with E-state index in [1.807, 2.05) is 0 Å². The molecule has 0 atom stereocenters. The van der Waals surface area contributed by atoms with Gasteiger partial charge in [0.2, 0.25) is 0 Å². The van der Waals surface area contributed by atoms with E-state index in [0.29, 0.717) is 5.56 Å². The highest BCUT2D eigenvalue weighted by molar-refractivity contribution is 6.02. The molecule has 0 bridgehead atoms. The summed E-state index contributed by atoms with van der Waals surface area (Å²) in [6.45, 7) is 0. The molecule has 1 aromatic carbocycles. The second-order valence-corrected chi connectivity index (χ2v) is 2.11. The highest BCUT2D eigenvalue weighted by Gasteiger charge is 2.07. The molecule has 61 valence electrons. The van der Waals surface area contributed by atoms with Gasteiger partial charge in [-0.1, -0.05) is 18.2 Å². The van der Waals surface area contributed by atoms with E-state index in [2.05, 4.69) is 0 Å². The van der Waals surface area contributed by atoms with Crippen molar-refractivity contribution in [3.8, 4) is 0 Å². The number of benzene rings is 1. The molecule has 1 aromatic rings. The zero-order valence-electron chi connectivity index (χ0n) is 6.11. The first-order chi connectivity index (χ1) is 5.70.